The highest BCUT2D eigenvalue weighted by Gasteiger charge is 2.03. The lowest BCUT2D eigenvalue weighted by Crippen LogP contribution is -2.10. The lowest BCUT2D eigenvalue weighted by molar-refractivity contribution is -0.142. The molecule has 4 heteroatoms. The van der Waals surface area contributed by atoms with E-state index in [1.54, 1.807) is 0 Å². The van der Waals surface area contributed by atoms with Crippen molar-refractivity contribution in [3.05, 3.63) is 0 Å². The van der Waals surface area contributed by atoms with Crippen LogP contribution in [0.5, 0.6) is 0 Å². The van der Waals surface area contributed by atoms with Crippen molar-refractivity contribution in [1.29, 1.82) is 0 Å². The Morgan fingerprint density at radius 1 is 1.54 bits per heavy atom. The summed E-state index contributed by atoms with van der Waals surface area (Å²) >= 11 is 0. The van der Waals surface area contributed by atoms with E-state index in [1.165, 1.54) is 6.92 Å². The van der Waals surface area contributed by atoms with E-state index < -0.39 is 0 Å². The van der Waals surface area contributed by atoms with Gasteiger partial charge in [-0.1, -0.05) is 6.92 Å². The van der Waals surface area contributed by atoms with Crippen LogP contribution in [0.15, 0.2) is 0 Å². The van der Waals surface area contributed by atoms with Gasteiger partial charge >= 0.3 is 5.97 Å². The molecule has 0 aromatic heterocycles. The Hall–Kier alpha value is -1.06. The second-order valence-electron chi connectivity index (χ2n) is 3.02. The molecule has 4 nitrogen and oxygen atoms in total. The van der Waals surface area contributed by atoms with E-state index in [4.69, 9.17) is 4.74 Å². The van der Waals surface area contributed by atoms with Gasteiger partial charge in [0.1, 0.15) is 0 Å². The molecule has 0 spiro atoms. The summed E-state index contributed by atoms with van der Waals surface area (Å²) in [5.74, 6) is 0.0649. The minimum absolute atomic E-state index is 0.254. The highest BCUT2D eigenvalue weighted by Crippen LogP contribution is 2.05. The summed E-state index contributed by atoms with van der Waals surface area (Å²) in [5.41, 5.74) is 0. The van der Waals surface area contributed by atoms with Gasteiger partial charge in [0.2, 0.25) is 0 Å². The fourth-order valence-corrected chi connectivity index (χ4v) is 0.906. The van der Waals surface area contributed by atoms with Gasteiger partial charge in [-0.15, -0.1) is 0 Å². The first kappa shape index (κ1) is 11.9. The largest absolute Gasteiger partial charge is 0.468 e. The molecule has 0 N–H and O–H groups in total. The predicted octanol–water partition coefficient (Wildman–Crippen LogP) is 1.14. The van der Waals surface area contributed by atoms with Crippen LogP contribution in [0, 0.1) is 5.92 Å². The van der Waals surface area contributed by atoms with E-state index in [0.29, 0.717) is 25.6 Å². The minimum Gasteiger partial charge on any atom is -0.468 e. The average Bonchev–Trinajstić information content (AvgIpc) is 2.09. The van der Waals surface area contributed by atoms with Crippen molar-refractivity contribution in [2.45, 2.75) is 26.7 Å². The van der Waals surface area contributed by atoms with Crippen LogP contribution in [0.2, 0.25) is 0 Å². The third kappa shape index (κ3) is 8.85. The molecule has 0 rings (SSSR count). The number of carbonyl (C=O) groups excluding carboxylic acids is 2. The molecular formula is C9H16O4. The quantitative estimate of drug-likeness (QED) is 0.341. The first-order chi connectivity index (χ1) is 6.16. The van der Waals surface area contributed by atoms with Crippen LogP contribution in [-0.4, -0.2) is 25.7 Å². The second-order valence-corrected chi connectivity index (χ2v) is 3.02. The van der Waals surface area contributed by atoms with Crippen LogP contribution in [0.4, 0.5) is 0 Å². The molecule has 0 fully saturated rings. The third-order valence-electron chi connectivity index (χ3n) is 1.60. The van der Waals surface area contributed by atoms with Gasteiger partial charge in [-0.3, -0.25) is 9.59 Å². The van der Waals surface area contributed by atoms with Crippen LogP contribution >= 0.6 is 0 Å². The summed E-state index contributed by atoms with van der Waals surface area (Å²) in [7, 11) is 0. The Morgan fingerprint density at radius 3 is 2.77 bits per heavy atom. The van der Waals surface area contributed by atoms with Gasteiger partial charge in [0.15, 0.2) is 0 Å². The zero-order chi connectivity index (χ0) is 10.1. The second kappa shape index (κ2) is 7.58. The van der Waals surface area contributed by atoms with Crippen LogP contribution in [0.1, 0.15) is 26.7 Å². The Bertz CT molecular complexity index is 156. The summed E-state index contributed by atoms with van der Waals surface area (Å²) < 4.78 is 9.33. The number of ether oxygens (including phenoxy) is 2. The molecule has 0 aliphatic rings. The maximum atomic E-state index is 10.4. The zero-order valence-electron chi connectivity index (χ0n) is 8.12. The Balaban J connectivity index is 3.24. The maximum Gasteiger partial charge on any atom is 0.302 e. The molecule has 1 unspecified atom stereocenters. The van der Waals surface area contributed by atoms with Gasteiger partial charge in [0.05, 0.1) is 13.2 Å². The lowest BCUT2D eigenvalue weighted by Gasteiger charge is -2.09. The van der Waals surface area contributed by atoms with Crippen molar-refractivity contribution in [2.75, 3.05) is 13.2 Å². The van der Waals surface area contributed by atoms with Gasteiger partial charge in [-0.05, 0) is 18.8 Å². The minimum atomic E-state index is -0.254. The lowest BCUT2D eigenvalue weighted by atomic mass is 10.1. The molecule has 76 valence electrons. The maximum absolute atomic E-state index is 10.4. The fraction of sp³-hybridized carbons (Fsp3) is 0.778. The van der Waals surface area contributed by atoms with Gasteiger partial charge in [0, 0.05) is 6.92 Å². The van der Waals surface area contributed by atoms with Crippen LogP contribution in [0.3, 0.4) is 0 Å². The van der Waals surface area contributed by atoms with Gasteiger partial charge in [-0.25, -0.2) is 0 Å². The van der Waals surface area contributed by atoms with Crippen LogP contribution < -0.4 is 0 Å². The average molecular weight is 188 g/mol. The summed E-state index contributed by atoms with van der Waals surface area (Å²) in [6, 6.07) is 0. The van der Waals surface area contributed by atoms with E-state index in [9.17, 15) is 9.59 Å². The Labute approximate surface area is 78.2 Å². The van der Waals surface area contributed by atoms with Crippen LogP contribution in [-0.2, 0) is 19.1 Å². The number of carbonyl (C=O) groups is 2. The molecule has 0 aromatic carbocycles. The molecule has 1 atom stereocenters. The molecule has 13 heavy (non-hydrogen) atoms. The van der Waals surface area contributed by atoms with Crippen LogP contribution in [0.25, 0.3) is 0 Å². The van der Waals surface area contributed by atoms with Gasteiger partial charge in [-0.2, -0.15) is 0 Å². The first-order valence-corrected chi connectivity index (χ1v) is 4.35. The number of rotatable bonds is 7. The third-order valence-corrected chi connectivity index (χ3v) is 1.60. The summed E-state index contributed by atoms with van der Waals surface area (Å²) in [6.07, 6.45) is 1.70. The van der Waals surface area contributed by atoms with Crippen molar-refractivity contribution < 1.29 is 19.1 Å². The normalized spacial score (nSPS) is 11.8. The topological polar surface area (TPSA) is 52.6 Å². The Kier molecular flexibility index (Phi) is 6.96. The van der Waals surface area contributed by atoms with Crippen molar-refractivity contribution in [1.82, 2.24) is 0 Å². The van der Waals surface area contributed by atoms with Crippen molar-refractivity contribution >= 4 is 12.4 Å². The molecule has 0 aromatic rings. The summed E-state index contributed by atoms with van der Waals surface area (Å²) in [6.45, 7) is 4.70. The molecule has 0 saturated carbocycles. The van der Waals surface area contributed by atoms with Crippen molar-refractivity contribution in [3.63, 3.8) is 0 Å². The molecule has 0 bridgehead atoms. The highest BCUT2D eigenvalue weighted by atomic mass is 16.5. The molecule has 0 heterocycles. The first-order valence-electron chi connectivity index (χ1n) is 4.35. The van der Waals surface area contributed by atoms with E-state index in [1.807, 2.05) is 6.92 Å². The monoisotopic (exact) mass is 188 g/mol. The zero-order valence-corrected chi connectivity index (χ0v) is 8.12. The standard InChI is InChI=1S/C9H16O4/c1-8(6-13-9(2)11)4-3-5-12-7-10/h7-8H,3-6H2,1-2H3. The van der Waals surface area contributed by atoms with E-state index in [2.05, 4.69) is 4.74 Å². The molecule has 0 amide bonds. The number of esters is 1. The summed E-state index contributed by atoms with van der Waals surface area (Å²) in [4.78, 5) is 20.2. The molecule has 0 saturated heterocycles. The number of hydrogen-bond acceptors (Lipinski definition) is 4. The summed E-state index contributed by atoms with van der Waals surface area (Å²) in [5, 5.41) is 0. The predicted molar refractivity (Wildman–Crippen MR) is 47.0 cm³/mol. The SMILES string of the molecule is CC(=O)OCC(C)CCCOC=O. The van der Waals surface area contributed by atoms with Gasteiger partial charge in [0.25, 0.3) is 6.47 Å². The fourth-order valence-electron chi connectivity index (χ4n) is 0.906. The van der Waals surface area contributed by atoms with E-state index in [-0.39, 0.29) is 5.97 Å². The number of hydrogen-bond donors (Lipinski definition) is 0. The Morgan fingerprint density at radius 2 is 2.23 bits per heavy atom. The smallest absolute Gasteiger partial charge is 0.302 e. The van der Waals surface area contributed by atoms with E-state index in [0.717, 1.165) is 12.8 Å². The van der Waals surface area contributed by atoms with Gasteiger partial charge < -0.3 is 9.47 Å². The van der Waals surface area contributed by atoms with Crippen molar-refractivity contribution in [2.24, 2.45) is 5.92 Å². The van der Waals surface area contributed by atoms with Crippen molar-refractivity contribution in [3.8, 4) is 0 Å². The molecule has 0 radical (unpaired) electrons. The van der Waals surface area contributed by atoms with E-state index >= 15 is 0 Å². The molecule has 0 aliphatic heterocycles. The highest BCUT2D eigenvalue weighted by molar-refractivity contribution is 5.65. The molecular weight excluding hydrogens is 172 g/mol. The molecule has 0 aliphatic carbocycles.